The summed E-state index contributed by atoms with van der Waals surface area (Å²) in [5.74, 6) is 0.871. The largest absolute Gasteiger partial charge is 0.229 e. The Labute approximate surface area is 89.6 Å². The predicted octanol–water partition coefficient (Wildman–Crippen LogP) is 2.13. The van der Waals surface area contributed by atoms with Crippen LogP contribution in [0.3, 0.4) is 0 Å². The van der Waals surface area contributed by atoms with Crippen molar-refractivity contribution in [2.75, 3.05) is 17.8 Å². The molecule has 1 rings (SSSR count). The highest BCUT2D eigenvalue weighted by Gasteiger charge is 2.03. The first kappa shape index (κ1) is 11.6. The Morgan fingerprint density at radius 3 is 2.50 bits per heavy atom. The third-order valence-corrected chi connectivity index (χ3v) is 4.19. The van der Waals surface area contributed by atoms with E-state index in [0.717, 1.165) is 4.90 Å². The molecule has 14 heavy (non-hydrogen) atoms. The van der Waals surface area contributed by atoms with Crippen LogP contribution in [0.5, 0.6) is 0 Å². The van der Waals surface area contributed by atoms with Crippen LogP contribution < -0.4 is 0 Å². The second kappa shape index (κ2) is 4.84. The Bertz CT molecular complexity index is 396. The molecule has 0 saturated carbocycles. The maximum atomic E-state index is 10.9. The normalized spacial score (nSPS) is 11.6. The van der Waals surface area contributed by atoms with E-state index in [4.69, 9.17) is 0 Å². The lowest BCUT2D eigenvalue weighted by Gasteiger charge is -2.03. The van der Waals surface area contributed by atoms with Gasteiger partial charge in [0.15, 0.2) is 0 Å². The maximum absolute atomic E-state index is 10.9. The first-order valence-corrected chi connectivity index (χ1v) is 7.40. The van der Waals surface area contributed by atoms with Crippen molar-refractivity contribution in [1.29, 1.82) is 0 Å². The lowest BCUT2D eigenvalue weighted by atomic mass is 10.2. The SMILES string of the molecule is Cc1ccccc1SCCS(C)(=O)=O. The minimum Gasteiger partial charge on any atom is -0.229 e. The van der Waals surface area contributed by atoms with Crippen molar-refractivity contribution in [3.8, 4) is 0 Å². The minimum absolute atomic E-state index is 0.242. The number of hydrogen-bond donors (Lipinski definition) is 0. The number of benzene rings is 1. The van der Waals surface area contributed by atoms with Gasteiger partial charge < -0.3 is 0 Å². The summed E-state index contributed by atoms with van der Waals surface area (Å²) in [5.41, 5.74) is 1.20. The van der Waals surface area contributed by atoms with Gasteiger partial charge in [0.2, 0.25) is 0 Å². The Kier molecular flexibility index (Phi) is 4.01. The molecule has 1 aromatic rings. The van der Waals surface area contributed by atoms with E-state index in [1.54, 1.807) is 11.8 Å². The summed E-state index contributed by atoms with van der Waals surface area (Å²) in [6.45, 7) is 2.03. The third kappa shape index (κ3) is 4.15. The monoisotopic (exact) mass is 230 g/mol. The highest BCUT2D eigenvalue weighted by Crippen LogP contribution is 2.21. The van der Waals surface area contributed by atoms with Crippen molar-refractivity contribution in [2.45, 2.75) is 11.8 Å². The van der Waals surface area contributed by atoms with Crippen LogP contribution in [0.15, 0.2) is 29.2 Å². The lowest BCUT2D eigenvalue weighted by Crippen LogP contribution is -2.04. The van der Waals surface area contributed by atoms with E-state index in [1.165, 1.54) is 11.8 Å². The predicted molar refractivity (Wildman–Crippen MR) is 61.6 cm³/mol. The molecule has 0 saturated heterocycles. The van der Waals surface area contributed by atoms with E-state index in [1.807, 2.05) is 31.2 Å². The molecule has 0 aromatic heterocycles. The number of sulfone groups is 1. The standard InChI is InChI=1S/C10H14O2S2/c1-9-5-3-4-6-10(9)13-7-8-14(2,11)12/h3-6H,7-8H2,1-2H3. The van der Waals surface area contributed by atoms with Crippen LogP contribution in [0.4, 0.5) is 0 Å². The van der Waals surface area contributed by atoms with E-state index in [-0.39, 0.29) is 5.75 Å². The van der Waals surface area contributed by atoms with Crippen molar-refractivity contribution in [3.63, 3.8) is 0 Å². The Morgan fingerprint density at radius 1 is 1.29 bits per heavy atom. The number of aryl methyl sites for hydroxylation is 1. The van der Waals surface area contributed by atoms with Crippen LogP contribution >= 0.6 is 11.8 Å². The van der Waals surface area contributed by atoms with Crippen molar-refractivity contribution in [1.82, 2.24) is 0 Å². The molecule has 0 aliphatic rings. The molecule has 4 heteroatoms. The van der Waals surface area contributed by atoms with Crippen LogP contribution in [-0.4, -0.2) is 26.2 Å². The summed E-state index contributed by atoms with van der Waals surface area (Å²) in [7, 11) is -2.83. The van der Waals surface area contributed by atoms with E-state index in [9.17, 15) is 8.42 Å². The van der Waals surface area contributed by atoms with Gasteiger partial charge in [-0.3, -0.25) is 0 Å². The first-order chi connectivity index (χ1) is 6.49. The van der Waals surface area contributed by atoms with Crippen LogP contribution in [0, 0.1) is 6.92 Å². The van der Waals surface area contributed by atoms with Gasteiger partial charge in [-0.25, -0.2) is 8.42 Å². The summed E-state index contributed by atoms with van der Waals surface area (Å²) in [6.07, 6.45) is 1.27. The van der Waals surface area contributed by atoms with Crippen molar-refractivity contribution >= 4 is 21.6 Å². The van der Waals surface area contributed by atoms with Crippen molar-refractivity contribution in [3.05, 3.63) is 29.8 Å². The number of rotatable bonds is 4. The molecule has 0 amide bonds. The van der Waals surface area contributed by atoms with Gasteiger partial charge in [-0.05, 0) is 18.6 Å². The molecule has 78 valence electrons. The van der Waals surface area contributed by atoms with E-state index in [2.05, 4.69) is 0 Å². The van der Waals surface area contributed by atoms with Crippen molar-refractivity contribution < 1.29 is 8.42 Å². The molecule has 0 aliphatic carbocycles. The minimum atomic E-state index is -2.83. The molecule has 0 radical (unpaired) electrons. The Morgan fingerprint density at radius 2 is 1.93 bits per heavy atom. The van der Waals surface area contributed by atoms with Gasteiger partial charge in [-0.15, -0.1) is 11.8 Å². The summed E-state index contributed by atoms with van der Waals surface area (Å²) < 4.78 is 21.8. The quantitative estimate of drug-likeness (QED) is 0.743. The van der Waals surface area contributed by atoms with Crippen molar-refractivity contribution in [2.24, 2.45) is 0 Å². The average Bonchev–Trinajstić information content (AvgIpc) is 2.06. The zero-order valence-corrected chi connectivity index (χ0v) is 9.99. The van der Waals surface area contributed by atoms with Gasteiger partial charge in [0.25, 0.3) is 0 Å². The molecular weight excluding hydrogens is 216 g/mol. The van der Waals surface area contributed by atoms with Gasteiger partial charge in [-0.2, -0.15) is 0 Å². The molecule has 0 heterocycles. The van der Waals surface area contributed by atoms with Gasteiger partial charge in [0.05, 0.1) is 5.75 Å². The molecule has 0 aliphatic heterocycles. The zero-order valence-electron chi connectivity index (χ0n) is 8.36. The summed E-state index contributed by atoms with van der Waals surface area (Å²) in [5, 5.41) is 0. The molecule has 0 spiro atoms. The second-order valence-electron chi connectivity index (χ2n) is 3.24. The number of thioether (sulfide) groups is 1. The second-order valence-corrected chi connectivity index (χ2v) is 6.64. The van der Waals surface area contributed by atoms with Gasteiger partial charge >= 0.3 is 0 Å². The maximum Gasteiger partial charge on any atom is 0.148 e. The Balaban J connectivity index is 2.51. The van der Waals surface area contributed by atoms with Gasteiger partial charge in [-0.1, -0.05) is 18.2 Å². The van der Waals surface area contributed by atoms with Gasteiger partial charge in [0.1, 0.15) is 9.84 Å². The highest BCUT2D eigenvalue weighted by molar-refractivity contribution is 8.00. The van der Waals surface area contributed by atoms with Crippen LogP contribution in [-0.2, 0) is 9.84 Å². The summed E-state index contributed by atoms with van der Waals surface area (Å²) in [4.78, 5) is 1.16. The topological polar surface area (TPSA) is 34.1 Å². The lowest BCUT2D eigenvalue weighted by molar-refractivity contribution is 0.603. The molecule has 0 atom stereocenters. The molecule has 0 bridgehead atoms. The molecule has 2 nitrogen and oxygen atoms in total. The fraction of sp³-hybridized carbons (Fsp3) is 0.400. The summed E-state index contributed by atoms with van der Waals surface area (Å²) in [6, 6.07) is 8.00. The third-order valence-electron chi connectivity index (χ3n) is 1.81. The van der Waals surface area contributed by atoms with Crippen LogP contribution in [0.25, 0.3) is 0 Å². The Hall–Kier alpha value is -0.480. The smallest absolute Gasteiger partial charge is 0.148 e. The molecule has 0 fully saturated rings. The average molecular weight is 230 g/mol. The van der Waals surface area contributed by atoms with E-state index in [0.29, 0.717) is 5.75 Å². The zero-order chi connectivity index (χ0) is 10.6. The molecule has 0 N–H and O–H groups in total. The highest BCUT2D eigenvalue weighted by atomic mass is 32.2. The molecular formula is C10H14O2S2. The van der Waals surface area contributed by atoms with E-state index >= 15 is 0 Å². The van der Waals surface area contributed by atoms with Crippen LogP contribution in [0.2, 0.25) is 0 Å². The fourth-order valence-corrected chi connectivity index (χ4v) is 3.26. The number of hydrogen-bond acceptors (Lipinski definition) is 3. The first-order valence-electron chi connectivity index (χ1n) is 4.35. The van der Waals surface area contributed by atoms with Crippen LogP contribution in [0.1, 0.15) is 5.56 Å². The van der Waals surface area contributed by atoms with Gasteiger partial charge in [0, 0.05) is 16.9 Å². The van der Waals surface area contributed by atoms with E-state index < -0.39 is 9.84 Å². The molecule has 1 aromatic carbocycles. The fourth-order valence-electron chi connectivity index (χ4n) is 1.02. The molecule has 0 unspecified atom stereocenters. The summed E-state index contributed by atoms with van der Waals surface area (Å²) >= 11 is 1.59.